The first-order valence-corrected chi connectivity index (χ1v) is 6.41. The molecule has 116 valence electrons. The largest absolute Gasteiger partial charge is 0.390 e. The number of rotatable bonds is 12. The lowest BCUT2D eigenvalue weighted by molar-refractivity contribution is -0.754. The molecule has 0 aliphatic heterocycles. The first-order chi connectivity index (χ1) is 9.07. The van der Waals surface area contributed by atoms with E-state index in [9.17, 15) is 0 Å². The summed E-state index contributed by atoms with van der Waals surface area (Å²) < 4.78 is 0. The van der Waals surface area contributed by atoms with Crippen molar-refractivity contribution in [2.75, 3.05) is 52.7 Å². The highest BCUT2D eigenvalue weighted by molar-refractivity contribution is 4.74. The van der Waals surface area contributed by atoms with Crippen LogP contribution in [0.25, 0.3) is 0 Å². The van der Waals surface area contributed by atoms with E-state index in [0.717, 1.165) is 0 Å². The average Bonchev–Trinajstić information content (AvgIpc) is 2.48. The molecule has 8 nitrogen and oxygen atoms in total. The van der Waals surface area contributed by atoms with Crippen LogP contribution < -0.4 is 10.6 Å². The summed E-state index contributed by atoms with van der Waals surface area (Å²) in [6.45, 7) is -0.799. The molecular weight excluding hydrogens is 256 g/mol. The van der Waals surface area contributed by atoms with Gasteiger partial charge in [-0.1, -0.05) is 0 Å². The second kappa shape index (κ2) is 9.56. The van der Waals surface area contributed by atoms with Gasteiger partial charge in [0.15, 0.2) is 11.1 Å². The van der Waals surface area contributed by atoms with Gasteiger partial charge in [-0.2, -0.15) is 0 Å². The van der Waals surface area contributed by atoms with Crippen LogP contribution in [-0.2, 0) is 0 Å². The van der Waals surface area contributed by atoms with Gasteiger partial charge in [0.25, 0.3) is 0 Å². The third-order valence-electron chi connectivity index (χ3n) is 3.45. The molecular formula is C11H28N2O6+2. The molecule has 0 atom stereocenters. The number of hydrogen-bond acceptors (Lipinski definition) is 6. The van der Waals surface area contributed by atoms with E-state index in [1.54, 1.807) is 10.6 Å². The molecule has 0 aliphatic rings. The first kappa shape index (κ1) is 18.7. The Morgan fingerprint density at radius 2 is 0.789 bits per heavy atom. The fourth-order valence-corrected chi connectivity index (χ4v) is 1.62. The van der Waals surface area contributed by atoms with E-state index in [1.165, 1.54) is 0 Å². The van der Waals surface area contributed by atoms with Gasteiger partial charge in [0.1, 0.15) is 39.6 Å². The zero-order valence-electron chi connectivity index (χ0n) is 11.2. The number of aliphatic hydroxyl groups is 6. The summed E-state index contributed by atoms with van der Waals surface area (Å²) >= 11 is 0. The van der Waals surface area contributed by atoms with Crippen LogP contribution in [0.3, 0.4) is 0 Å². The number of hydrogen-bond donors (Lipinski definition) is 8. The van der Waals surface area contributed by atoms with Crippen molar-refractivity contribution in [2.45, 2.75) is 17.5 Å². The van der Waals surface area contributed by atoms with Crippen molar-refractivity contribution in [1.82, 2.24) is 0 Å². The Balaban J connectivity index is 3.98. The fourth-order valence-electron chi connectivity index (χ4n) is 1.62. The molecule has 0 aromatic heterocycles. The first-order valence-electron chi connectivity index (χ1n) is 6.41. The topological polar surface area (TPSA) is 155 Å². The normalized spacial score (nSPS) is 12.9. The van der Waals surface area contributed by atoms with Crippen LogP contribution in [0.1, 0.15) is 6.42 Å². The molecule has 0 unspecified atom stereocenters. The van der Waals surface area contributed by atoms with Crippen molar-refractivity contribution in [1.29, 1.82) is 0 Å². The van der Waals surface area contributed by atoms with E-state index in [1.807, 2.05) is 0 Å². The Labute approximate surface area is 112 Å². The smallest absolute Gasteiger partial charge is 0.166 e. The van der Waals surface area contributed by atoms with Crippen molar-refractivity contribution >= 4 is 0 Å². The van der Waals surface area contributed by atoms with Gasteiger partial charge in [0, 0.05) is 6.42 Å². The van der Waals surface area contributed by atoms with Gasteiger partial charge in [-0.15, -0.1) is 0 Å². The van der Waals surface area contributed by atoms with Crippen LogP contribution in [0.5, 0.6) is 0 Å². The highest BCUT2D eigenvalue weighted by Crippen LogP contribution is 1.94. The Bertz CT molecular complexity index is 183. The quantitative estimate of drug-likeness (QED) is 0.167. The number of nitrogens with two attached hydrogens (primary N) is 2. The van der Waals surface area contributed by atoms with Crippen molar-refractivity contribution < 1.29 is 41.3 Å². The monoisotopic (exact) mass is 284 g/mol. The Kier molecular flexibility index (Phi) is 9.40. The highest BCUT2D eigenvalue weighted by atomic mass is 16.3. The molecule has 0 fully saturated rings. The molecule has 10 N–H and O–H groups in total. The van der Waals surface area contributed by atoms with Gasteiger partial charge in [0.05, 0.1) is 13.1 Å². The summed E-state index contributed by atoms with van der Waals surface area (Å²) in [5.74, 6) is 0. The minimum absolute atomic E-state index is 0.322. The van der Waals surface area contributed by atoms with Gasteiger partial charge in [-0.25, -0.2) is 0 Å². The van der Waals surface area contributed by atoms with Crippen LogP contribution >= 0.6 is 0 Å². The van der Waals surface area contributed by atoms with Crippen LogP contribution in [0.2, 0.25) is 0 Å². The third-order valence-corrected chi connectivity index (χ3v) is 3.45. The standard InChI is InChI=1S/C11H26N2O6/c14-4-10(5-15,6-16)12-2-1-3-13-11(7-17,8-18)9-19/h12-19H,1-9H2/p+2. The average molecular weight is 284 g/mol. The molecule has 8 heteroatoms. The molecule has 0 amide bonds. The molecule has 0 rings (SSSR count). The zero-order valence-corrected chi connectivity index (χ0v) is 11.2. The van der Waals surface area contributed by atoms with Crippen molar-refractivity contribution in [3.05, 3.63) is 0 Å². The molecule has 0 radical (unpaired) electrons. The Morgan fingerprint density at radius 1 is 0.526 bits per heavy atom. The van der Waals surface area contributed by atoms with Crippen LogP contribution in [0.4, 0.5) is 0 Å². The minimum Gasteiger partial charge on any atom is -0.390 e. The second-order valence-electron chi connectivity index (χ2n) is 5.01. The van der Waals surface area contributed by atoms with E-state index in [2.05, 4.69) is 0 Å². The SMILES string of the molecule is OCC(CO)(CO)[NH2+]CCC[NH2+]C(CO)(CO)CO. The van der Waals surface area contributed by atoms with Crippen LogP contribution in [-0.4, -0.2) is 94.4 Å². The Hall–Kier alpha value is -0.320. The van der Waals surface area contributed by atoms with Crippen molar-refractivity contribution in [3.8, 4) is 0 Å². The molecule has 0 saturated heterocycles. The summed E-state index contributed by atoms with van der Waals surface area (Å²) in [6.07, 6.45) is 0.670. The van der Waals surface area contributed by atoms with E-state index >= 15 is 0 Å². The number of aliphatic hydroxyl groups excluding tert-OH is 6. The molecule has 0 bridgehead atoms. The molecule has 19 heavy (non-hydrogen) atoms. The molecule has 0 saturated carbocycles. The summed E-state index contributed by atoms with van der Waals surface area (Å²) in [4.78, 5) is 0. The third kappa shape index (κ3) is 5.67. The van der Waals surface area contributed by atoms with E-state index in [4.69, 9.17) is 30.6 Å². The maximum atomic E-state index is 9.12. The Morgan fingerprint density at radius 3 is 1.00 bits per heavy atom. The van der Waals surface area contributed by atoms with Gasteiger partial charge in [0.2, 0.25) is 0 Å². The number of quaternary nitrogens is 2. The van der Waals surface area contributed by atoms with Gasteiger partial charge < -0.3 is 41.3 Å². The van der Waals surface area contributed by atoms with E-state index in [-0.39, 0.29) is 39.6 Å². The summed E-state index contributed by atoms with van der Waals surface area (Å²) in [7, 11) is 0. The maximum Gasteiger partial charge on any atom is 0.166 e. The fraction of sp³-hybridized carbons (Fsp3) is 1.00. The lowest BCUT2D eigenvalue weighted by Crippen LogP contribution is -3.03. The lowest BCUT2D eigenvalue weighted by atomic mass is 10.0. The maximum absolute atomic E-state index is 9.12. The molecule has 0 spiro atoms. The van der Waals surface area contributed by atoms with Crippen LogP contribution in [0, 0.1) is 0 Å². The summed E-state index contributed by atoms with van der Waals surface area (Å²) in [5, 5.41) is 58.1. The summed E-state index contributed by atoms with van der Waals surface area (Å²) in [5.41, 5.74) is -1.94. The molecule has 0 heterocycles. The lowest BCUT2D eigenvalue weighted by Gasteiger charge is -2.26. The van der Waals surface area contributed by atoms with Crippen LogP contribution in [0.15, 0.2) is 0 Å². The minimum atomic E-state index is -0.970. The van der Waals surface area contributed by atoms with E-state index in [0.29, 0.717) is 19.5 Å². The second-order valence-corrected chi connectivity index (χ2v) is 5.01. The zero-order chi connectivity index (χ0) is 14.8. The van der Waals surface area contributed by atoms with Gasteiger partial charge in [-0.3, -0.25) is 0 Å². The molecule has 0 aromatic rings. The predicted molar refractivity (Wildman–Crippen MR) is 66.2 cm³/mol. The van der Waals surface area contributed by atoms with Gasteiger partial charge >= 0.3 is 0 Å². The van der Waals surface area contributed by atoms with Crippen molar-refractivity contribution in [2.24, 2.45) is 0 Å². The molecule has 0 aliphatic carbocycles. The predicted octanol–water partition coefficient (Wildman–Crippen LogP) is -6.07. The van der Waals surface area contributed by atoms with Crippen molar-refractivity contribution in [3.63, 3.8) is 0 Å². The molecule has 0 aromatic carbocycles. The highest BCUT2D eigenvalue weighted by Gasteiger charge is 2.33. The van der Waals surface area contributed by atoms with Gasteiger partial charge in [-0.05, 0) is 0 Å². The van der Waals surface area contributed by atoms with E-state index < -0.39 is 11.1 Å². The summed E-state index contributed by atoms with van der Waals surface area (Å²) in [6, 6.07) is 0.